The molecule has 1 fully saturated rings. The van der Waals surface area contributed by atoms with Gasteiger partial charge in [0.15, 0.2) is 5.82 Å². The van der Waals surface area contributed by atoms with Crippen molar-refractivity contribution in [3.05, 3.63) is 11.2 Å². The van der Waals surface area contributed by atoms with Crippen molar-refractivity contribution in [2.75, 3.05) is 17.2 Å². The van der Waals surface area contributed by atoms with Crippen LogP contribution in [0.25, 0.3) is 0 Å². The van der Waals surface area contributed by atoms with Crippen LogP contribution >= 0.6 is 11.6 Å². The molecule has 1 aliphatic rings. The van der Waals surface area contributed by atoms with Crippen molar-refractivity contribution in [3.63, 3.8) is 0 Å². The first-order valence-electron chi connectivity index (χ1n) is 7.22. The van der Waals surface area contributed by atoms with E-state index in [-0.39, 0.29) is 0 Å². The zero-order valence-corrected chi connectivity index (χ0v) is 12.5. The highest BCUT2D eigenvalue weighted by molar-refractivity contribution is 6.32. The van der Waals surface area contributed by atoms with Gasteiger partial charge in [0, 0.05) is 12.6 Å². The lowest BCUT2D eigenvalue weighted by Crippen LogP contribution is -2.27. The van der Waals surface area contributed by atoms with E-state index in [1.54, 1.807) is 6.20 Å². The van der Waals surface area contributed by atoms with Crippen molar-refractivity contribution in [1.82, 2.24) is 9.97 Å². The van der Waals surface area contributed by atoms with Crippen LogP contribution in [0.1, 0.15) is 46.0 Å². The predicted octanol–water partition coefficient (Wildman–Crippen LogP) is 3.94. The Labute approximate surface area is 120 Å². The van der Waals surface area contributed by atoms with Crippen molar-refractivity contribution in [2.24, 2.45) is 5.92 Å². The normalized spacial score (nSPS) is 23.1. The van der Waals surface area contributed by atoms with E-state index in [1.807, 2.05) is 0 Å². The van der Waals surface area contributed by atoms with Crippen LogP contribution in [-0.2, 0) is 0 Å². The van der Waals surface area contributed by atoms with Crippen molar-refractivity contribution in [1.29, 1.82) is 0 Å². The summed E-state index contributed by atoms with van der Waals surface area (Å²) >= 11 is 6.17. The molecule has 0 radical (unpaired) electrons. The van der Waals surface area contributed by atoms with Gasteiger partial charge in [0.05, 0.1) is 6.20 Å². The number of aromatic nitrogens is 2. The van der Waals surface area contributed by atoms with Gasteiger partial charge in [-0.3, -0.25) is 0 Å². The van der Waals surface area contributed by atoms with Crippen LogP contribution in [0.2, 0.25) is 5.02 Å². The van der Waals surface area contributed by atoms with E-state index in [0.29, 0.717) is 17.0 Å². The summed E-state index contributed by atoms with van der Waals surface area (Å²) in [6.07, 6.45) is 7.72. The number of halogens is 1. The quantitative estimate of drug-likeness (QED) is 0.859. The second kappa shape index (κ2) is 6.94. The minimum absolute atomic E-state index is 0.482. The van der Waals surface area contributed by atoms with Gasteiger partial charge in [0.1, 0.15) is 5.02 Å². The molecular weight excluding hydrogens is 260 g/mol. The van der Waals surface area contributed by atoms with E-state index in [1.165, 1.54) is 25.7 Å². The van der Waals surface area contributed by atoms with Gasteiger partial charge >= 0.3 is 0 Å². The molecule has 1 aromatic heterocycles. The van der Waals surface area contributed by atoms with Gasteiger partial charge in [-0.15, -0.1) is 0 Å². The lowest BCUT2D eigenvalue weighted by atomic mass is 9.87. The molecule has 4 nitrogen and oxygen atoms in total. The van der Waals surface area contributed by atoms with E-state index < -0.39 is 0 Å². The topological polar surface area (TPSA) is 49.8 Å². The van der Waals surface area contributed by atoms with Crippen LogP contribution < -0.4 is 10.6 Å². The summed E-state index contributed by atoms with van der Waals surface area (Å²) in [6.45, 7) is 5.30. The lowest BCUT2D eigenvalue weighted by molar-refractivity contribution is 0.358. The molecule has 0 aliphatic heterocycles. The first-order valence-corrected chi connectivity index (χ1v) is 7.59. The Kier molecular flexibility index (Phi) is 5.25. The van der Waals surface area contributed by atoms with Crippen molar-refractivity contribution < 1.29 is 0 Å². The molecule has 2 N–H and O–H groups in total. The average molecular weight is 283 g/mol. The fourth-order valence-corrected chi connectivity index (χ4v) is 2.69. The smallest absolute Gasteiger partial charge is 0.224 e. The maximum Gasteiger partial charge on any atom is 0.224 e. The SMILES string of the molecule is CCCNc1ncc(Cl)c(NC2CCCC(C)C2)n1. The molecule has 19 heavy (non-hydrogen) atoms. The molecule has 0 saturated heterocycles. The van der Waals surface area contributed by atoms with Gasteiger partial charge in [-0.25, -0.2) is 4.98 Å². The van der Waals surface area contributed by atoms with Crippen LogP contribution in [0.3, 0.4) is 0 Å². The lowest BCUT2D eigenvalue weighted by Gasteiger charge is -2.28. The molecule has 0 aromatic carbocycles. The van der Waals surface area contributed by atoms with E-state index in [0.717, 1.165) is 24.7 Å². The van der Waals surface area contributed by atoms with Crippen LogP contribution in [0, 0.1) is 5.92 Å². The monoisotopic (exact) mass is 282 g/mol. The Balaban J connectivity index is 2.01. The number of anilines is 2. The molecule has 5 heteroatoms. The number of nitrogens with zero attached hydrogens (tertiary/aromatic N) is 2. The van der Waals surface area contributed by atoms with Gasteiger partial charge in [0.2, 0.25) is 5.95 Å². The number of hydrogen-bond acceptors (Lipinski definition) is 4. The summed E-state index contributed by atoms with van der Waals surface area (Å²) < 4.78 is 0. The Morgan fingerprint density at radius 1 is 1.42 bits per heavy atom. The second-order valence-electron chi connectivity index (χ2n) is 5.43. The van der Waals surface area contributed by atoms with Gasteiger partial charge in [-0.2, -0.15) is 4.98 Å². The fraction of sp³-hybridized carbons (Fsp3) is 0.714. The molecule has 1 saturated carbocycles. The summed E-state index contributed by atoms with van der Waals surface area (Å²) in [5.41, 5.74) is 0. The van der Waals surface area contributed by atoms with E-state index in [9.17, 15) is 0 Å². The maximum atomic E-state index is 6.17. The zero-order chi connectivity index (χ0) is 13.7. The third-order valence-corrected chi connectivity index (χ3v) is 3.83. The van der Waals surface area contributed by atoms with Crippen molar-refractivity contribution in [3.8, 4) is 0 Å². The van der Waals surface area contributed by atoms with Crippen LogP contribution in [0.15, 0.2) is 6.20 Å². The Hall–Kier alpha value is -1.03. The van der Waals surface area contributed by atoms with Crippen LogP contribution in [0.4, 0.5) is 11.8 Å². The summed E-state index contributed by atoms with van der Waals surface area (Å²) in [4.78, 5) is 8.65. The minimum atomic E-state index is 0.482. The zero-order valence-electron chi connectivity index (χ0n) is 11.7. The van der Waals surface area contributed by atoms with Crippen LogP contribution in [0.5, 0.6) is 0 Å². The van der Waals surface area contributed by atoms with Crippen molar-refractivity contribution >= 4 is 23.4 Å². The highest BCUT2D eigenvalue weighted by Gasteiger charge is 2.20. The Morgan fingerprint density at radius 3 is 3.00 bits per heavy atom. The van der Waals surface area contributed by atoms with Crippen LogP contribution in [-0.4, -0.2) is 22.6 Å². The highest BCUT2D eigenvalue weighted by atomic mass is 35.5. The molecule has 1 aliphatic carbocycles. The summed E-state index contributed by atoms with van der Waals surface area (Å²) in [6, 6.07) is 0.482. The van der Waals surface area contributed by atoms with Crippen molar-refractivity contribution in [2.45, 2.75) is 52.0 Å². The molecule has 0 bridgehead atoms. The minimum Gasteiger partial charge on any atom is -0.366 e. The molecule has 0 amide bonds. The van der Waals surface area contributed by atoms with E-state index in [2.05, 4.69) is 34.4 Å². The molecule has 0 spiro atoms. The van der Waals surface area contributed by atoms with E-state index in [4.69, 9.17) is 11.6 Å². The summed E-state index contributed by atoms with van der Waals surface area (Å²) in [5.74, 6) is 2.19. The maximum absolute atomic E-state index is 6.17. The molecule has 1 heterocycles. The average Bonchev–Trinajstić information content (AvgIpc) is 2.40. The van der Waals surface area contributed by atoms with Gasteiger partial charge in [0.25, 0.3) is 0 Å². The summed E-state index contributed by atoms with van der Waals surface area (Å²) in [7, 11) is 0. The standard InChI is InChI=1S/C14H23ClN4/c1-3-7-16-14-17-9-12(15)13(19-14)18-11-6-4-5-10(2)8-11/h9-11H,3-8H2,1-2H3,(H2,16,17,18,19). The summed E-state index contributed by atoms with van der Waals surface area (Å²) in [5, 5.41) is 7.26. The number of nitrogens with one attached hydrogen (secondary N) is 2. The number of rotatable bonds is 5. The Morgan fingerprint density at radius 2 is 2.26 bits per heavy atom. The third-order valence-electron chi connectivity index (χ3n) is 3.55. The second-order valence-corrected chi connectivity index (χ2v) is 5.84. The van der Waals surface area contributed by atoms with Gasteiger partial charge in [-0.05, 0) is 25.2 Å². The number of hydrogen-bond donors (Lipinski definition) is 2. The molecule has 1 aromatic rings. The molecule has 2 rings (SSSR count). The fourth-order valence-electron chi connectivity index (χ4n) is 2.55. The largest absolute Gasteiger partial charge is 0.366 e. The van der Waals surface area contributed by atoms with Gasteiger partial charge < -0.3 is 10.6 Å². The van der Waals surface area contributed by atoms with Gasteiger partial charge in [-0.1, -0.05) is 38.3 Å². The predicted molar refractivity (Wildman–Crippen MR) is 80.9 cm³/mol. The Bertz CT molecular complexity index is 410. The van der Waals surface area contributed by atoms with E-state index >= 15 is 0 Å². The first kappa shape index (κ1) is 14.4. The molecule has 2 unspecified atom stereocenters. The molecular formula is C14H23ClN4. The molecule has 106 valence electrons. The first-order chi connectivity index (χ1) is 9.19. The highest BCUT2D eigenvalue weighted by Crippen LogP contribution is 2.28. The third kappa shape index (κ3) is 4.23. The molecule has 2 atom stereocenters.